The van der Waals surface area contributed by atoms with E-state index >= 15 is 0 Å². The number of hydrogen-bond acceptors (Lipinski definition) is 5. The summed E-state index contributed by atoms with van der Waals surface area (Å²) in [5, 5.41) is 23.8. The van der Waals surface area contributed by atoms with Crippen molar-refractivity contribution in [2.75, 3.05) is 0 Å². The van der Waals surface area contributed by atoms with Crippen molar-refractivity contribution >= 4 is 51.8 Å². The van der Waals surface area contributed by atoms with Crippen LogP contribution in [0.25, 0.3) is 0 Å². The molecule has 43 heavy (non-hydrogen) atoms. The summed E-state index contributed by atoms with van der Waals surface area (Å²) >= 11 is 0. The van der Waals surface area contributed by atoms with Crippen molar-refractivity contribution in [1.29, 1.82) is 0 Å². The molecule has 8 nitrogen and oxygen atoms in total. The summed E-state index contributed by atoms with van der Waals surface area (Å²) in [5.74, 6) is -3.82. The number of aliphatic carboxylic acids is 1. The van der Waals surface area contributed by atoms with Crippen LogP contribution in [0.1, 0.15) is 34.1 Å². The van der Waals surface area contributed by atoms with Crippen LogP contribution in [0.5, 0.6) is 0 Å². The zero-order valence-electron chi connectivity index (χ0n) is 23.4. The molecule has 0 aromatic heterocycles. The van der Waals surface area contributed by atoms with E-state index in [-0.39, 0.29) is 28.7 Å². The quantitative estimate of drug-likeness (QED) is 0.147. The summed E-state index contributed by atoms with van der Waals surface area (Å²) in [6.07, 6.45) is -1.35. The maximum Gasteiger partial charge on any atom is 0.353 e. The molecule has 1 heterocycles. The molecule has 2 amide bonds. The fraction of sp³-hybridized carbons (Fsp3) is 0.147. The third-order valence-corrected chi connectivity index (χ3v) is 12.1. The van der Waals surface area contributed by atoms with Crippen LogP contribution < -0.4 is 21.6 Å². The molecule has 3 atom stereocenters. The van der Waals surface area contributed by atoms with Gasteiger partial charge in [0, 0.05) is 24.4 Å². The average molecular weight is 595 g/mol. The summed E-state index contributed by atoms with van der Waals surface area (Å²) in [6, 6.07) is 32.7. The highest BCUT2D eigenvalue weighted by atomic mass is 31.2. The molecule has 4 N–H and O–H groups in total. The summed E-state index contributed by atoms with van der Waals surface area (Å²) < 4.78 is 0. The molecule has 1 aliphatic rings. The van der Waals surface area contributed by atoms with E-state index in [1.165, 1.54) is 36.1 Å². The molecule has 5 rings (SSSR count). The molecule has 4 aromatic carbocycles. The van der Waals surface area contributed by atoms with Crippen molar-refractivity contribution in [2.24, 2.45) is 11.7 Å². The molecule has 1 fully saturated rings. The number of benzene rings is 4. The number of carboxylic acids is 1. The van der Waals surface area contributed by atoms with Crippen molar-refractivity contribution in [2.45, 2.75) is 25.5 Å². The monoisotopic (exact) mass is 594 g/mol. The van der Waals surface area contributed by atoms with Gasteiger partial charge in [-0.2, -0.15) is 0 Å². The van der Waals surface area contributed by atoms with E-state index in [0.29, 0.717) is 0 Å². The average Bonchev–Trinajstić information content (AvgIpc) is 3.02. The van der Waals surface area contributed by atoms with Crippen LogP contribution in [0.3, 0.4) is 0 Å². The number of nitrogens with two attached hydrogens (primary N) is 1. The Morgan fingerprint density at radius 1 is 0.767 bits per heavy atom. The van der Waals surface area contributed by atoms with Crippen LogP contribution in [0, 0.1) is 5.92 Å². The SMILES string of the molecule is C[C@@H](O)[C@H]1C(=O)N(C(C(=O)O)=P(c2ccccc2)(c2ccccc2)c2ccccc2)[C@@H]1CC(=O)c1ccc(C(N)=O)cc1. The molecule has 9 heteroatoms. The van der Waals surface area contributed by atoms with Gasteiger partial charge in [-0.05, 0) is 35.0 Å². The molecule has 218 valence electrons. The zero-order valence-corrected chi connectivity index (χ0v) is 24.3. The third-order valence-electron chi connectivity index (χ3n) is 7.84. The van der Waals surface area contributed by atoms with E-state index in [2.05, 4.69) is 0 Å². The molecule has 0 unspecified atom stereocenters. The number of likely N-dealkylation sites (tertiary alicyclic amines) is 1. The van der Waals surface area contributed by atoms with Crippen LogP contribution in [0.4, 0.5) is 0 Å². The van der Waals surface area contributed by atoms with E-state index in [0.717, 1.165) is 15.9 Å². The van der Waals surface area contributed by atoms with Gasteiger partial charge in [0.1, 0.15) is 5.42 Å². The van der Waals surface area contributed by atoms with Crippen LogP contribution >= 0.6 is 6.89 Å². The number of ketones is 1. The van der Waals surface area contributed by atoms with E-state index in [1.807, 2.05) is 91.0 Å². The molecule has 1 aliphatic heterocycles. The number of carboxylic acid groups (broad SMARTS) is 1. The van der Waals surface area contributed by atoms with Gasteiger partial charge in [0.15, 0.2) is 5.78 Å². The minimum Gasteiger partial charge on any atom is -0.477 e. The topological polar surface area (TPSA) is 138 Å². The first-order valence-electron chi connectivity index (χ1n) is 13.8. The molecule has 4 aromatic rings. The van der Waals surface area contributed by atoms with Gasteiger partial charge in [-0.3, -0.25) is 14.4 Å². The highest BCUT2D eigenvalue weighted by molar-refractivity contribution is 7.96. The fourth-order valence-electron chi connectivity index (χ4n) is 5.88. The lowest BCUT2D eigenvalue weighted by Crippen LogP contribution is -2.68. The van der Waals surface area contributed by atoms with Gasteiger partial charge >= 0.3 is 5.97 Å². The maximum atomic E-state index is 13.9. The summed E-state index contributed by atoms with van der Waals surface area (Å²) in [5.41, 5.74) is 5.72. The van der Waals surface area contributed by atoms with E-state index in [1.54, 1.807) is 0 Å². The third kappa shape index (κ3) is 5.31. The van der Waals surface area contributed by atoms with Gasteiger partial charge in [-0.1, -0.05) is 103 Å². The lowest BCUT2D eigenvalue weighted by Gasteiger charge is -2.50. The molecule has 1 saturated heterocycles. The lowest BCUT2D eigenvalue weighted by molar-refractivity contribution is -0.156. The second kappa shape index (κ2) is 12.2. The number of β-lactam (4-membered cyclic amide) rings is 1. The van der Waals surface area contributed by atoms with Gasteiger partial charge in [0.05, 0.1) is 18.1 Å². The highest BCUT2D eigenvalue weighted by Gasteiger charge is 2.55. The molecule has 0 bridgehead atoms. The molecular weight excluding hydrogens is 563 g/mol. The second-order valence-corrected chi connectivity index (χ2v) is 13.7. The van der Waals surface area contributed by atoms with Gasteiger partial charge in [0.25, 0.3) is 0 Å². The normalized spacial score (nSPS) is 17.1. The Labute approximate surface area is 249 Å². The van der Waals surface area contributed by atoms with Crippen molar-refractivity contribution in [3.8, 4) is 0 Å². The van der Waals surface area contributed by atoms with Gasteiger partial charge in [-0.15, -0.1) is 0 Å². The number of Topliss-reactive ketones (excluding diaryl/α,β-unsaturated/α-hetero) is 1. The fourth-order valence-corrected chi connectivity index (χ4v) is 10.2. The first-order valence-corrected chi connectivity index (χ1v) is 15.6. The smallest absolute Gasteiger partial charge is 0.353 e. The number of rotatable bonds is 10. The Bertz CT molecular complexity index is 1620. The maximum absolute atomic E-state index is 13.9. The highest BCUT2D eigenvalue weighted by Crippen LogP contribution is 2.49. The second-order valence-electron chi connectivity index (χ2n) is 10.4. The summed E-state index contributed by atoms with van der Waals surface area (Å²) in [6.45, 7) is -1.76. The number of amides is 2. The molecular formula is C34H31N2O6P. The Balaban J connectivity index is 1.77. The number of carbonyl (C=O) groups is 4. The van der Waals surface area contributed by atoms with Crippen molar-refractivity contribution < 1.29 is 29.4 Å². The summed E-state index contributed by atoms with van der Waals surface area (Å²) in [4.78, 5) is 53.7. The number of aliphatic hydroxyl groups is 1. The standard InChI is InChI=1S/C34H31N2O6P/c1-22(37)30-28(21-29(38)23-17-19-24(20-18-23)31(35)39)36(32(30)40)33(34(41)42)43(25-11-5-2-6-12-25,26-13-7-3-8-14-26)27-15-9-4-10-16-27/h2-20,22,28,30,37H,21H2,1H3,(H2,35,39)(H,41,42)/t22-,28-,30-/m1/s1. The molecule has 0 radical (unpaired) electrons. The number of aliphatic hydroxyl groups excluding tert-OH is 1. The lowest BCUT2D eigenvalue weighted by atomic mass is 9.79. The Morgan fingerprint density at radius 2 is 1.19 bits per heavy atom. The number of hydrogen-bond donors (Lipinski definition) is 3. The predicted octanol–water partition coefficient (Wildman–Crippen LogP) is 2.77. The van der Waals surface area contributed by atoms with Crippen LogP contribution in [0.15, 0.2) is 115 Å². The Morgan fingerprint density at radius 3 is 1.56 bits per heavy atom. The van der Waals surface area contributed by atoms with E-state index in [9.17, 15) is 29.4 Å². The van der Waals surface area contributed by atoms with E-state index < -0.39 is 42.7 Å². The summed E-state index contributed by atoms with van der Waals surface area (Å²) in [7, 11) is 0. The Hall–Kier alpha value is -4.78. The first-order chi connectivity index (χ1) is 20.7. The minimum absolute atomic E-state index is 0.125. The number of carbonyl (C=O) groups excluding carboxylic acids is 3. The van der Waals surface area contributed by atoms with Crippen molar-refractivity contribution in [1.82, 2.24) is 4.90 Å². The number of primary amides is 1. The number of nitrogens with zero attached hydrogens (tertiary/aromatic N) is 1. The van der Waals surface area contributed by atoms with Crippen molar-refractivity contribution in [3.05, 3.63) is 126 Å². The van der Waals surface area contributed by atoms with Crippen LogP contribution in [0.2, 0.25) is 0 Å². The molecule has 0 aliphatic carbocycles. The minimum atomic E-state index is -3.23. The zero-order chi connectivity index (χ0) is 30.7. The van der Waals surface area contributed by atoms with Gasteiger partial charge in [0.2, 0.25) is 11.8 Å². The van der Waals surface area contributed by atoms with Crippen LogP contribution in [-0.4, -0.2) is 56.2 Å². The van der Waals surface area contributed by atoms with Crippen LogP contribution in [-0.2, 0) is 9.59 Å². The molecule has 0 saturated carbocycles. The van der Waals surface area contributed by atoms with E-state index in [4.69, 9.17) is 5.73 Å². The largest absolute Gasteiger partial charge is 0.477 e. The molecule has 0 spiro atoms. The Kier molecular flexibility index (Phi) is 8.44. The van der Waals surface area contributed by atoms with Gasteiger partial charge in [-0.25, -0.2) is 4.79 Å². The van der Waals surface area contributed by atoms with Gasteiger partial charge < -0.3 is 20.8 Å². The predicted molar refractivity (Wildman–Crippen MR) is 168 cm³/mol. The first kappa shape index (κ1) is 29.7. The van der Waals surface area contributed by atoms with Crippen molar-refractivity contribution in [3.63, 3.8) is 0 Å².